The summed E-state index contributed by atoms with van der Waals surface area (Å²) in [7, 11) is 0. The summed E-state index contributed by atoms with van der Waals surface area (Å²) in [5.41, 5.74) is 2.21. The molecule has 2 amide bonds. The number of hydrogen-bond acceptors (Lipinski definition) is 2. The molecule has 1 saturated heterocycles. The Bertz CT molecular complexity index is 667. The Morgan fingerprint density at radius 3 is 2.36 bits per heavy atom. The minimum absolute atomic E-state index is 0.161. The van der Waals surface area contributed by atoms with Gasteiger partial charge in [-0.3, -0.25) is 4.90 Å². The van der Waals surface area contributed by atoms with Crippen LogP contribution in [0.4, 0.5) is 9.18 Å². The van der Waals surface area contributed by atoms with Crippen molar-refractivity contribution < 1.29 is 9.18 Å². The van der Waals surface area contributed by atoms with Gasteiger partial charge < -0.3 is 10.6 Å². The third-order valence-electron chi connectivity index (χ3n) is 4.54. The number of nitrogens with zero attached hydrogens (tertiary/aromatic N) is 1. The molecule has 3 rings (SSSR count). The van der Waals surface area contributed by atoms with Crippen molar-refractivity contribution in [3.05, 3.63) is 71.5 Å². The molecule has 2 aromatic rings. The molecule has 0 unspecified atom stereocenters. The smallest absolute Gasteiger partial charge is 0.315 e. The number of rotatable bonds is 5. The van der Waals surface area contributed by atoms with Gasteiger partial charge in [-0.15, -0.1) is 0 Å². The van der Waals surface area contributed by atoms with Crippen LogP contribution in [0.5, 0.6) is 0 Å². The van der Waals surface area contributed by atoms with E-state index in [0.29, 0.717) is 6.54 Å². The van der Waals surface area contributed by atoms with Gasteiger partial charge in [0.2, 0.25) is 0 Å². The summed E-state index contributed by atoms with van der Waals surface area (Å²) in [6.07, 6.45) is 1.91. The Morgan fingerprint density at radius 1 is 1.00 bits per heavy atom. The van der Waals surface area contributed by atoms with Crippen LogP contribution in [0, 0.1) is 5.82 Å². The predicted octanol–water partition coefficient (Wildman–Crippen LogP) is 3.29. The van der Waals surface area contributed by atoms with E-state index in [4.69, 9.17) is 0 Å². The number of amides is 2. The fourth-order valence-corrected chi connectivity index (χ4v) is 3.10. The van der Waals surface area contributed by atoms with Crippen molar-refractivity contribution in [1.82, 2.24) is 15.5 Å². The molecule has 0 aliphatic carbocycles. The second kappa shape index (κ2) is 8.62. The van der Waals surface area contributed by atoms with Crippen molar-refractivity contribution in [1.29, 1.82) is 0 Å². The van der Waals surface area contributed by atoms with Crippen molar-refractivity contribution in [2.75, 3.05) is 13.1 Å². The molecule has 1 aliphatic heterocycles. The van der Waals surface area contributed by atoms with Gasteiger partial charge in [-0.1, -0.05) is 42.5 Å². The quantitative estimate of drug-likeness (QED) is 0.876. The maximum Gasteiger partial charge on any atom is 0.315 e. The van der Waals surface area contributed by atoms with E-state index in [1.807, 2.05) is 6.07 Å². The molecular formula is C20H24FN3O. The maximum atomic E-state index is 12.9. The largest absolute Gasteiger partial charge is 0.335 e. The SMILES string of the molecule is O=C(NCc1ccc(F)cc1)NC1CCN(Cc2ccccc2)CC1. The molecule has 2 aromatic carbocycles. The zero-order chi connectivity index (χ0) is 17.5. The Morgan fingerprint density at radius 2 is 1.68 bits per heavy atom. The molecule has 4 nitrogen and oxygen atoms in total. The van der Waals surface area contributed by atoms with Crippen LogP contribution >= 0.6 is 0 Å². The molecule has 25 heavy (non-hydrogen) atoms. The summed E-state index contributed by atoms with van der Waals surface area (Å²) >= 11 is 0. The molecule has 0 spiro atoms. The van der Waals surface area contributed by atoms with Crippen LogP contribution in [0.2, 0.25) is 0 Å². The van der Waals surface area contributed by atoms with E-state index in [2.05, 4.69) is 39.8 Å². The van der Waals surface area contributed by atoms with Gasteiger partial charge in [0.25, 0.3) is 0 Å². The van der Waals surface area contributed by atoms with Crippen LogP contribution in [0.15, 0.2) is 54.6 Å². The average molecular weight is 341 g/mol. The highest BCUT2D eigenvalue weighted by atomic mass is 19.1. The first-order valence-electron chi connectivity index (χ1n) is 8.74. The monoisotopic (exact) mass is 341 g/mol. The Kier molecular flexibility index (Phi) is 6.01. The van der Waals surface area contributed by atoms with Gasteiger partial charge in [0.15, 0.2) is 0 Å². The number of halogens is 1. The van der Waals surface area contributed by atoms with Gasteiger partial charge in [0.1, 0.15) is 5.82 Å². The summed E-state index contributed by atoms with van der Waals surface area (Å²) < 4.78 is 12.9. The second-order valence-corrected chi connectivity index (χ2v) is 6.49. The Hall–Kier alpha value is -2.40. The molecule has 0 radical (unpaired) electrons. The third kappa shape index (κ3) is 5.57. The zero-order valence-corrected chi connectivity index (χ0v) is 14.2. The molecule has 0 bridgehead atoms. The lowest BCUT2D eigenvalue weighted by atomic mass is 10.0. The van der Waals surface area contributed by atoms with E-state index in [9.17, 15) is 9.18 Å². The van der Waals surface area contributed by atoms with Gasteiger partial charge in [0, 0.05) is 32.2 Å². The van der Waals surface area contributed by atoms with E-state index >= 15 is 0 Å². The van der Waals surface area contributed by atoms with Crippen LogP contribution in [-0.4, -0.2) is 30.1 Å². The Balaban J connectivity index is 1.36. The fourth-order valence-electron chi connectivity index (χ4n) is 3.10. The van der Waals surface area contributed by atoms with E-state index in [1.165, 1.54) is 17.7 Å². The lowest BCUT2D eigenvalue weighted by Gasteiger charge is -2.32. The number of nitrogens with one attached hydrogen (secondary N) is 2. The van der Waals surface area contributed by atoms with Gasteiger partial charge in [0.05, 0.1) is 0 Å². The summed E-state index contributed by atoms with van der Waals surface area (Å²) in [6, 6.07) is 16.7. The fraction of sp³-hybridized carbons (Fsp3) is 0.350. The zero-order valence-electron chi connectivity index (χ0n) is 14.2. The molecule has 1 fully saturated rings. The van der Waals surface area contributed by atoms with Crippen LogP contribution in [0.3, 0.4) is 0 Å². The molecule has 1 heterocycles. The summed E-state index contributed by atoms with van der Waals surface area (Å²) in [5, 5.41) is 5.86. The normalized spacial score (nSPS) is 15.7. The number of hydrogen-bond donors (Lipinski definition) is 2. The number of urea groups is 1. The standard InChI is InChI=1S/C20H24FN3O/c21-18-8-6-16(7-9-18)14-22-20(25)23-19-10-12-24(13-11-19)15-17-4-2-1-3-5-17/h1-9,19H,10-15H2,(H2,22,23,25). The van der Waals surface area contributed by atoms with E-state index < -0.39 is 0 Å². The first-order valence-corrected chi connectivity index (χ1v) is 8.74. The molecule has 0 atom stereocenters. The summed E-state index contributed by atoms with van der Waals surface area (Å²) in [6.45, 7) is 3.33. The molecule has 0 aromatic heterocycles. The third-order valence-corrected chi connectivity index (χ3v) is 4.54. The van der Waals surface area contributed by atoms with Crippen molar-refractivity contribution in [3.63, 3.8) is 0 Å². The molecule has 1 aliphatic rings. The predicted molar refractivity (Wildman–Crippen MR) is 96.5 cm³/mol. The van der Waals surface area contributed by atoms with Crippen molar-refractivity contribution in [2.24, 2.45) is 0 Å². The second-order valence-electron chi connectivity index (χ2n) is 6.49. The highest BCUT2D eigenvalue weighted by Gasteiger charge is 2.20. The molecule has 2 N–H and O–H groups in total. The van der Waals surface area contributed by atoms with E-state index in [1.54, 1.807) is 12.1 Å². The highest BCUT2D eigenvalue weighted by molar-refractivity contribution is 5.74. The van der Waals surface area contributed by atoms with Crippen molar-refractivity contribution in [2.45, 2.75) is 32.0 Å². The first kappa shape index (κ1) is 17.4. The number of benzene rings is 2. The lowest BCUT2D eigenvalue weighted by Crippen LogP contribution is -2.47. The summed E-state index contributed by atoms with van der Waals surface area (Å²) in [4.78, 5) is 14.4. The summed E-state index contributed by atoms with van der Waals surface area (Å²) in [5.74, 6) is -0.268. The highest BCUT2D eigenvalue weighted by Crippen LogP contribution is 2.13. The number of carbonyl (C=O) groups is 1. The number of piperidine rings is 1. The maximum absolute atomic E-state index is 12.9. The number of likely N-dealkylation sites (tertiary alicyclic amines) is 1. The average Bonchev–Trinajstić information content (AvgIpc) is 2.64. The van der Waals surface area contributed by atoms with Crippen LogP contribution in [0.1, 0.15) is 24.0 Å². The van der Waals surface area contributed by atoms with Gasteiger partial charge >= 0.3 is 6.03 Å². The van der Waals surface area contributed by atoms with E-state index in [-0.39, 0.29) is 17.9 Å². The number of carbonyl (C=O) groups excluding carboxylic acids is 1. The van der Waals surface area contributed by atoms with Crippen molar-refractivity contribution in [3.8, 4) is 0 Å². The van der Waals surface area contributed by atoms with Gasteiger partial charge in [-0.05, 0) is 36.1 Å². The molecule has 0 saturated carbocycles. The minimum atomic E-state index is -0.268. The minimum Gasteiger partial charge on any atom is -0.335 e. The molecule has 5 heteroatoms. The van der Waals surface area contributed by atoms with Crippen LogP contribution in [0.25, 0.3) is 0 Å². The van der Waals surface area contributed by atoms with Gasteiger partial charge in [-0.2, -0.15) is 0 Å². The molecule has 132 valence electrons. The van der Waals surface area contributed by atoms with Crippen LogP contribution < -0.4 is 10.6 Å². The first-order chi connectivity index (χ1) is 12.2. The van der Waals surface area contributed by atoms with Gasteiger partial charge in [-0.25, -0.2) is 9.18 Å². The van der Waals surface area contributed by atoms with E-state index in [0.717, 1.165) is 38.0 Å². The van der Waals surface area contributed by atoms with Crippen molar-refractivity contribution >= 4 is 6.03 Å². The lowest BCUT2D eigenvalue weighted by molar-refractivity contribution is 0.186. The van der Waals surface area contributed by atoms with Crippen LogP contribution in [-0.2, 0) is 13.1 Å². The Labute approximate surface area is 148 Å². The topological polar surface area (TPSA) is 44.4 Å². The molecular weight excluding hydrogens is 317 g/mol.